The van der Waals surface area contributed by atoms with Crippen LogP contribution in [0.1, 0.15) is 24.2 Å². The van der Waals surface area contributed by atoms with Crippen LogP contribution >= 0.6 is 0 Å². The zero-order valence-corrected chi connectivity index (χ0v) is 17.6. The van der Waals surface area contributed by atoms with E-state index in [0.29, 0.717) is 25.5 Å². The highest BCUT2D eigenvalue weighted by Crippen LogP contribution is 2.18. The van der Waals surface area contributed by atoms with Gasteiger partial charge < -0.3 is 10.6 Å². The van der Waals surface area contributed by atoms with Crippen molar-refractivity contribution in [3.05, 3.63) is 65.6 Å². The first-order valence-corrected chi connectivity index (χ1v) is 10.5. The summed E-state index contributed by atoms with van der Waals surface area (Å²) < 4.78 is 30.0. The second kappa shape index (κ2) is 9.82. The number of nitrogens with zero attached hydrogens (tertiary/aromatic N) is 5. The first-order valence-electron chi connectivity index (χ1n) is 10.5. The third-order valence-corrected chi connectivity index (χ3v) is 5.54. The van der Waals surface area contributed by atoms with Gasteiger partial charge in [-0.25, -0.2) is 8.78 Å². The molecule has 1 saturated heterocycles. The largest absolute Gasteiger partial charge is 0.356 e. The molecule has 1 aliphatic rings. The van der Waals surface area contributed by atoms with E-state index in [1.165, 1.54) is 18.2 Å². The Morgan fingerprint density at radius 3 is 2.81 bits per heavy atom. The number of pyridine rings is 1. The average molecular weight is 428 g/mol. The van der Waals surface area contributed by atoms with E-state index in [4.69, 9.17) is 0 Å². The molecule has 7 nitrogen and oxygen atoms in total. The molecule has 0 amide bonds. The lowest BCUT2D eigenvalue weighted by Crippen LogP contribution is -2.51. The number of hydrogen-bond acceptors (Lipinski definition) is 4. The number of hydrogen-bond donors (Lipinski definition) is 2. The number of likely N-dealkylation sites (tertiary alicyclic amines) is 1. The summed E-state index contributed by atoms with van der Waals surface area (Å²) in [6, 6.07) is 9.98. The maximum absolute atomic E-state index is 14.0. The minimum absolute atomic E-state index is 0.131. The Morgan fingerprint density at radius 2 is 2.00 bits per heavy atom. The smallest absolute Gasteiger partial charge is 0.191 e. The van der Waals surface area contributed by atoms with Crippen molar-refractivity contribution in [1.29, 1.82) is 0 Å². The van der Waals surface area contributed by atoms with Crippen molar-refractivity contribution in [2.24, 2.45) is 4.99 Å². The quantitative estimate of drug-likeness (QED) is 0.467. The summed E-state index contributed by atoms with van der Waals surface area (Å²) in [5.41, 5.74) is 0.958. The third kappa shape index (κ3) is 5.16. The Bertz CT molecular complexity index is 1030. The predicted octanol–water partition coefficient (Wildman–Crippen LogP) is 2.38. The van der Waals surface area contributed by atoms with E-state index in [2.05, 4.69) is 30.7 Å². The minimum Gasteiger partial charge on any atom is -0.356 e. The molecule has 3 aromatic rings. The van der Waals surface area contributed by atoms with Crippen LogP contribution in [0.2, 0.25) is 0 Å². The standard InChI is InChI=1S/C22H27F2N7/c1-25-22(26-11-10-21-29-28-20-9-2-3-13-31(20)21)27-16-6-5-12-30(14-16)15-17-18(23)7-4-8-19(17)24/h2-4,7-9,13,16H,5-6,10-12,14-15H2,1H3,(H2,25,26,27). The molecule has 2 N–H and O–H groups in total. The lowest BCUT2D eigenvalue weighted by molar-refractivity contribution is 0.188. The maximum atomic E-state index is 14.0. The molecule has 0 saturated carbocycles. The van der Waals surface area contributed by atoms with Gasteiger partial charge in [0, 0.05) is 50.9 Å². The number of halogens is 2. The number of benzene rings is 1. The van der Waals surface area contributed by atoms with Gasteiger partial charge in [-0.1, -0.05) is 12.1 Å². The molecule has 31 heavy (non-hydrogen) atoms. The fourth-order valence-corrected chi connectivity index (χ4v) is 3.97. The normalized spacial score (nSPS) is 17.8. The fraction of sp³-hybridized carbons (Fsp3) is 0.409. The molecule has 9 heteroatoms. The molecule has 3 heterocycles. The van der Waals surface area contributed by atoms with Gasteiger partial charge in [0.15, 0.2) is 11.6 Å². The number of fused-ring (bicyclic) bond motifs is 1. The van der Waals surface area contributed by atoms with E-state index in [9.17, 15) is 8.78 Å². The highest BCUT2D eigenvalue weighted by Gasteiger charge is 2.22. The van der Waals surface area contributed by atoms with Crippen molar-refractivity contribution in [2.75, 3.05) is 26.7 Å². The Balaban J connectivity index is 1.29. The Hall–Kier alpha value is -3.07. The van der Waals surface area contributed by atoms with Crippen LogP contribution in [-0.2, 0) is 13.0 Å². The van der Waals surface area contributed by atoms with Gasteiger partial charge in [-0.15, -0.1) is 10.2 Å². The zero-order valence-electron chi connectivity index (χ0n) is 17.6. The highest BCUT2D eigenvalue weighted by molar-refractivity contribution is 5.80. The summed E-state index contributed by atoms with van der Waals surface area (Å²) in [6.07, 6.45) is 4.59. The van der Waals surface area contributed by atoms with Gasteiger partial charge >= 0.3 is 0 Å². The number of aliphatic imine (C=N–C) groups is 1. The van der Waals surface area contributed by atoms with Crippen molar-refractivity contribution in [1.82, 2.24) is 30.1 Å². The second-order valence-electron chi connectivity index (χ2n) is 7.71. The van der Waals surface area contributed by atoms with Crippen LogP contribution in [0.25, 0.3) is 5.65 Å². The number of piperidine rings is 1. The van der Waals surface area contributed by atoms with E-state index in [1.807, 2.05) is 28.8 Å². The molecular formula is C22H27F2N7. The van der Waals surface area contributed by atoms with Crippen LogP contribution in [0.5, 0.6) is 0 Å². The molecule has 2 aromatic heterocycles. The summed E-state index contributed by atoms with van der Waals surface area (Å²) in [6.45, 7) is 2.44. The summed E-state index contributed by atoms with van der Waals surface area (Å²) in [5.74, 6) is 0.606. The van der Waals surface area contributed by atoms with Crippen molar-refractivity contribution >= 4 is 11.6 Å². The van der Waals surface area contributed by atoms with Gasteiger partial charge in [-0.2, -0.15) is 0 Å². The van der Waals surface area contributed by atoms with E-state index in [-0.39, 0.29) is 18.2 Å². The van der Waals surface area contributed by atoms with Crippen LogP contribution in [0, 0.1) is 11.6 Å². The molecule has 1 fully saturated rings. The van der Waals surface area contributed by atoms with Gasteiger partial charge in [0.05, 0.1) is 0 Å². The molecular weight excluding hydrogens is 400 g/mol. The van der Waals surface area contributed by atoms with Crippen molar-refractivity contribution in [3.63, 3.8) is 0 Å². The summed E-state index contributed by atoms with van der Waals surface area (Å²) in [7, 11) is 1.73. The number of aromatic nitrogens is 3. The molecule has 1 unspecified atom stereocenters. The summed E-state index contributed by atoms with van der Waals surface area (Å²) in [5, 5.41) is 15.2. The lowest BCUT2D eigenvalue weighted by atomic mass is 10.0. The van der Waals surface area contributed by atoms with Gasteiger partial charge in [0.25, 0.3) is 0 Å². The van der Waals surface area contributed by atoms with Gasteiger partial charge in [-0.3, -0.25) is 14.3 Å². The predicted molar refractivity (Wildman–Crippen MR) is 116 cm³/mol. The van der Waals surface area contributed by atoms with Gasteiger partial charge in [0.2, 0.25) is 0 Å². The lowest BCUT2D eigenvalue weighted by Gasteiger charge is -2.34. The number of nitrogens with one attached hydrogen (secondary N) is 2. The zero-order chi connectivity index (χ0) is 21.6. The molecule has 0 aliphatic carbocycles. The Morgan fingerprint density at radius 1 is 1.16 bits per heavy atom. The third-order valence-electron chi connectivity index (χ3n) is 5.54. The van der Waals surface area contributed by atoms with Gasteiger partial charge in [0.1, 0.15) is 17.5 Å². The van der Waals surface area contributed by atoms with E-state index in [0.717, 1.165) is 30.9 Å². The molecule has 0 radical (unpaired) electrons. The first-order chi connectivity index (χ1) is 15.1. The molecule has 0 bridgehead atoms. The molecule has 1 aliphatic heterocycles. The topological polar surface area (TPSA) is 69.8 Å². The van der Waals surface area contributed by atoms with E-state index in [1.54, 1.807) is 7.05 Å². The van der Waals surface area contributed by atoms with Crippen LogP contribution in [0.4, 0.5) is 8.78 Å². The SMILES string of the molecule is CN=C(NCCc1nnc2ccccn12)NC1CCCN(Cc2c(F)cccc2F)C1. The maximum Gasteiger partial charge on any atom is 0.191 e. The van der Waals surface area contributed by atoms with E-state index >= 15 is 0 Å². The highest BCUT2D eigenvalue weighted by atomic mass is 19.1. The molecule has 4 rings (SSSR count). The van der Waals surface area contributed by atoms with Crippen LogP contribution in [0.3, 0.4) is 0 Å². The molecule has 164 valence electrons. The van der Waals surface area contributed by atoms with Crippen molar-refractivity contribution < 1.29 is 8.78 Å². The monoisotopic (exact) mass is 427 g/mol. The van der Waals surface area contributed by atoms with Crippen LogP contribution < -0.4 is 10.6 Å². The van der Waals surface area contributed by atoms with Crippen molar-refractivity contribution in [3.8, 4) is 0 Å². The van der Waals surface area contributed by atoms with E-state index < -0.39 is 11.6 Å². The minimum atomic E-state index is -0.492. The summed E-state index contributed by atoms with van der Waals surface area (Å²) in [4.78, 5) is 6.40. The number of guanidine groups is 1. The molecule has 1 atom stereocenters. The molecule has 1 aromatic carbocycles. The van der Waals surface area contributed by atoms with Gasteiger partial charge in [-0.05, 0) is 43.7 Å². The second-order valence-corrected chi connectivity index (χ2v) is 7.71. The van der Waals surface area contributed by atoms with Crippen LogP contribution in [-0.4, -0.2) is 58.2 Å². The summed E-state index contributed by atoms with van der Waals surface area (Å²) >= 11 is 0. The first kappa shape index (κ1) is 21.2. The fourth-order valence-electron chi connectivity index (χ4n) is 3.97. The average Bonchev–Trinajstić information content (AvgIpc) is 3.19. The Kier molecular flexibility index (Phi) is 6.71. The molecule has 0 spiro atoms. The van der Waals surface area contributed by atoms with Crippen LogP contribution in [0.15, 0.2) is 47.6 Å². The number of rotatable bonds is 6. The van der Waals surface area contributed by atoms with Crippen molar-refractivity contribution in [2.45, 2.75) is 31.8 Å². The Labute approximate surface area is 180 Å².